The maximum Gasteiger partial charge on any atom is 0.266 e. The number of benzene rings is 2. The second-order valence-corrected chi connectivity index (χ2v) is 4.23. The number of carbonyl (C=O) groups is 1. The summed E-state index contributed by atoms with van der Waals surface area (Å²) in [7, 11) is 1.54. The molecule has 4 heteroatoms. The van der Waals surface area contributed by atoms with E-state index in [1.807, 2.05) is 36.4 Å². The van der Waals surface area contributed by atoms with E-state index in [1.165, 1.54) is 6.08 Å². The highest BCUT2D eigenvalue weighted by molar-refractivity contribution is 6.09. The Hall–Kier alpha value is -3.06. The van der Waals surface area contributed by atoms with Gasteiger partial charge >= 0.3 is 0 Å². The van der Waals surface area contributed by atoms with E-state index in [1.54, 1.807) is 31.4 Å². The van der Waals surface area contributed by atoms with Gasteiger partial charge in [0, 0.05) is 11.3 Å². The van der Waals surface area contributed by atoms with Crippen molar-refractivity contribution in [1.82, 2.24) is 0 Å². The number of amides is 1. The lowest BCUT2D eigenvalue weighted by Gasteiger charge is -2.06. The van der Waals surface area contributed by atoms with Crippen LogP contribution in [0.4, 0.5) is 5.69 Å². The topological polar surface area (TPSA) is 62.1 Å². The monoisotopic (exact) mass is 278 g/mol. The summed E-state index contributed by atoms with van der Waals surface area (Å²) in [6.07, 6.45) is 1.51. The number of rotatable bonds is 4. The molecular weight excluding hydrogens is 264 g/mol. The molecule has 0 aliphatic heterocycles. The van der Waals surface area contributed by atoms with Crippen LogP contribution in [0.15, 0.2) is 60.2 Å². The molecule has 1 N–H and O–H groups in total. The average Bonchev–Trinajstić information content (AvgIpc) is 2.53. The van der Waals surface area contributed by atoms with Crippen molar-refractivity contribution in [2.75, 3.05) is 12.4 Å². The quantitative estimate of drug-likeness (QED) is 0.689. The SMILES string of the molecule is COc1ccccc1C=C(C#N)C(=O)Nc1ccccc1. The van der Waals surface area contributed by atoms with Crippen LogP contribution < -0.4 is 10.1 Å². The van der Waals surface area contributed by atoms with Crippen molar-refractivity contribution in [2.24, 2.45) is 0 Å². The first-order valence-corrected chi connectivity index (χ1v) is 6.36. The Morgan fingerprint density at radius 1 is 1.14 bits per heavy atom. The Balaban J connectivity index is 2.25. The number of nitriles is 1. The minimum atomic E-state index is -0.449. The molecule has 0 saturated heterocycles. The first-order valence-electron chi connectivity index (χ1n) is 6.36. The van der Waals surface area contributed by atoms with Gasteiger partial charge in [0.1, 0.15) is 17.4 Å². The fourth-order valence-electron chi connectivity index (χ4n) is 1.81. The molecule has 0 atom stereocenters. The molecule has 0 radical (unpaired) electrons. The molecule has 0 spiro atoms. The summed E-state index contributed by atoms with van der Waals surface area (Å²) in [5.74, 6) is 0.160. The van der Waals surface area contributed by atoms with Crippen molar-refractivity contribution >= 4 is 17.7 Å². The third-order valence-corrected chi connectivity index (χ3v) is 2.84. The second-order valence-electron chi connectivity index (χ2n) is 4.23. The van der Waals surface area contributed by atoms with E-state index in [4.69, 9.17) is 4.74 Å². The van der Waals surface area contributed by atoms with E-state index >= 15 is 0 Å². The molecule has 0 aliphatic carbocycles. The molecule has 1 amide bonds. The Labute approximate surface area is 123 Å². The summed E-state index contributed by atoms with van der Waals surface area (Å²) in [4.78, 5) is 12.1. The van der Waals surface area contributed by atoms with Crippen molar-refractivity contribution in [2.45, 2.75) is 0 Å². The number of nitrogens with zero attached hydrogens (tertiary/aromatic N) is 1. The van der Waals surface area contributed by atoms with Crippen LogP contribution in [0.1, 0.15) is 5.56 Å². The van der Waals surface area contributed by atoms with E-state index in [0.29, 0.717) is 17.0 Å². The van der Waals surface area contributed by atoms with Gasteiger partial charge in [-0.15, -0.1) is 0 Å². The smallest absolute Gasteiger partial charge is 0.266 e. The van der Waals surface area contributed by atoms with E-state index in [2.05, 4.69) is 5.32 Å². The van der Waals surface area contributed by atoms with Crippen LogP contribution in [0.25, 0.3) is 6.08 Å². The molecule has 104 valence electrons. The molecule has 0 unspecified atom stereocenters. The summed E-state index contributed by atoms with van der Waals surface area (Å²) in [6.45, 7) is 0. The number of methoxy groups -OCH3 is 1. The van der Waals surface area contributed by atoms with E-state index in [9.17, 15) is 10.1 Å². The van der Waals surface area contributed by atoms with Gasteiger partial charge in [0.25, 0.3) is 5.91 Å². The molecule has 2 aromatic rings. The molecule has 4 nitrogen and oxygen atoms in total. The van der Waals surface area contributed by atoms with Crippen molar-refractivity contribution < 1.29 is 9.53 Å². The second kappa shape index (κ2) is 6.92. The van der Waals surface area contributed by atoms with Crippen LogP contribution in [0.2, 0.25) is 0 Å². The molecule has 21 heavy (non-hydrogen) atoms. The normalized spacial score (nSPS) is 10.6. The molecule has 2 rings (SSSR count). The first kappa shape index (κ1) is 14.4. The molecule has 0 fully saturated rings. The number of anilines is 1. The lowest BCUT2D eigenvalue weighted by molar-refractivity contribution is -0.112. The lowest BCUT2D eigenvalue weighted by Crippen LogP contribution is -2.13. The van der Waals surface area contributed by atoms with E-state index < -0.39 is 5.91 Å². The largest absolute Gasteiger partial charge is 0.496 e. The number of hydrogen-bond acceptors (Lipinski definition) is 3. The predicted octanol–water partition coefficient (Wildman–Crippen LogP) is 3.24. The Kier molecular flexibility index (Phi) is 4.73. The zero-order valence-electron chi connectivity index (χ0n) is 11.5. The zero-order valence-corrected chi connectivity index (χ0v) is 11.5. The van der Waals surface area contributed by atoms with Crippen LogP contribution in [0.3, 0.4) is 0 Å². The van der Waals surface area contributed by atoms with E-state index in [0.717, 1.165) is 0 Å². The van der Waals surface area contributed by atoms with Gasteiger partial charge in [-0.2, -0.15) is 5.26 Å². The number of hydrogen-bond donors (Lipinski definition) is 1. The van der Waals surface area contributed by atoms with Gasteiger partial charge in [0.05, 0.1) is 7.11 Å². The van der Waals surface area contributed by atoms with Gasteiger partial charge in [-0.3, -0.25) is 4.79 Å². The number of para-hydroxylation sites is 2. The van der Waals surface area contributed by atoms with Crippen LogP contribution in [-0.2, 0) is 4.79 Å². The predicted molar refractivity (Wildman–Crippen MR) is 81.7 cm³/mol. The molecule has 0 heterocycles. The molecule has 0 aromatic heterocycles. The summed E-state index contributed by atoms with van der Waals surface area (Å²) >= 11 is 0. The maximum absolute atomic E-state index is 12.1. The molecular formula is C17H14N2O2. The Bertz CT molecular complexity index is 700. The molecule has 0 aliphatic rings. The standard InChI is InChI=1S/C17H14N2O2/c1-21-16-10-6-5-7-13(16)11-14(12-18)17(20)19-15-8-3-2-4-9-15/h2-11H,1H3,(H,19,20). The van der Waals surface area contributed by atoms with Gasteiger partial charge in [0.15, 0.2) is 0 Å². The highest BCUT2D eigenvalue weighted by atomic mass is 16.5. The van der Waals surface area contributed by atoms with Crippen molar-refractivity contribution in [3.63, 3.8) is 0 Å². The van der Waals surface area contributed by atoms with E-state index in [-0.39, 0.29) is 5.57 Å². The highest BCUT2D eigenvalue weighted by Crippen LogP contribution is 2.20. The van der Waals surface area contributed by atoms with Crippen LogP contribution in [-0.4, -0.2) is 13.0 Å². The van der Waals surface area contributed by atoms with Gasteiger partial charge in [0.2, 0.25) is 0 Å². The number of carbonyl (C=O) groups excluding carboxylic acids is 1. The zero-order chi connectivity index (χ0) is 15.1. The number of ether oxygens (including phenoxy) is 1. The lowest BCUT2D eigenvalue weighted by atomic mass is 10.1. The van der Waals surface area contributed by atoms with Crippen LogP contribution in [0, 0.1) is 11.3 Å². The average molecular weight is 278 g/mol. The van der Waals surface area contributed by atoms with Gasteiger partial charge in [-0.1, -0.05) is 36.4 Å². The number of nitrogens with one attached hydrogen (secondary N) is 1. The van der Waals surface area contributed by atoms with Crippen molar-refractivity contribution in [1.29, 1.82) is 5.26 Å². The minimum absolute atomic E-state index is 0.0170. The summed E-state index contributed by atoms with van der Waals surface area (Å²) in [5.41, 5.74) is 1.34. The first-order chi connectivity index (χ1) is 10.2. The third-order valence-electron chi connectivity index (χ3n) is 2.84. The Morgan fingerprint density at radius 3 is 2.48 bits per heavy atom. The third kappa shape index (κ3) is 3.71. The van der Waals surface area contributed by atoms with Crippen LogP contribution >= 0.6 is 0 Å². The van der Waals surface area contributed by atoms with Gasteiger partial charge in [-0.05, 0) is 24.3 Å². The Morgan fingerprint density at radius 2 is 1.81 bits per heavy atom. The molecule has 0 saturated carbocycles. The van der Waals surface area contributed by atoms with Crippen molar-refractivity contribution in [3.8, 4) is 11.8 Å². The summed E-state index contributed by atoms with van der Waals surface area (Å²) in [6, 6.07) is 18.1. The molecule has 0 bridgehead atoms. The van der Waals surface area contributed by atoms with Crippen LogP contribution in [0.5, 0.6) is 5.75 Å². The highest BCUT2D eigenvalue weighted by Gasteiger charge is 2.10. The minimum Gasteiger partial charge on any atom is -0.496 e. The molecule has 2 aromatic carbocycles. The maximum atomic E-state index is 12.1. The van der Waals surface area contributed by atoms with Crippen molar-refractivity contribution in [3.05, 3.63) is 65.7 Å². The van der Waals surface area contributed by atoms with Gasteiger partial charge in [-0.25, -0.2) is 0 Å². The fourth-order valence-corrected chi connectivity index (χ4v) is 1.81. The summed E-state index contributed by atoms with van der Waals surface area (Å²) < 4.78 is 5.20. The summed E-state index contributed by atoms with van der Waals surface area (Å²) in [5, 5.41) is 11.9. The fraction of sp³-hybridized carbons (Fsp3) is 0.0588. The van der Waals surface area contributed by atoms with Gasteiger partial charge < -0.3 is 10.1 Å².